The van der Waals surface area contributed by atoms with E-state index in [1.807, 2.05) is 0 Å². The van der Waals surface area contributed by atoms with E-state index in [1.54, 1.807) is 0 Å². The Labute approximate surface area is 70.8 Å². The maximum absolute atomic E-state index is 2.40. The normalized spacial score (nSPS) is 38.5. The summed E-state index contributed by atoms with van der Waals surface area (Å²) in [6, 6.07) is 0. The Morgan fingerprint density at radius 2 is 1.82 bits per heavy atom. The SMILES string of the molecule is CC1CC(C)C(CN(C)C)C1. The van der Waals surface area contributed by atoms with Crippen molar-refractivity contribution in [2.24, 2.45) is 17.8 Å². The van der Waals surface area contributed by atoms with Crippen LogP contribution in [0.1, 0.15) is 26.7 Å². The van der Waals surface area contributed by atoms with Gasteiger partial charge in [0.1, 0.15) is 0 Å². The van der Waals surface area contributed by atoms with E-state index in [-0.39, 0.29) is 0 Å². The number of hydrogen-bond donors (Lipinski definition) is 0. The van der Waals surface area contributed by atoms with Crippen LogP contribution in [0.15, 0.2) is 0 Å². The lowest BCUT2D eigenvalue weighted by Crippen LogP contribution is -2.23. The van der Waals surface area contributed by atoms with Crippen LogP contribution in [0.25, 0.3) is 0 Å². The van der Waals surface area contributed by atoms with Crippen LogP contribution in [0, 0.1) is 17.8 Å². The summed E-state index contributed by atoms with van der Waals surface area (Å²) in [6.07, 6.45) is 2.89. The maximum atomic E-state index is 2.40. The van der Waals surface area contributed by atoms with Crippen molar-refractivity contribution in [2.75, 3.05) is 20.6 Å². The van der Waals surface area contributed by atoms with Crippen LogP contribution in [0.4, 0.5) is 0 Å². The molecule has 0 aromatic rings. The molecule has 1 aliphatic carbocycles. The Bertz CT molecular complexity index is 120. The van der Waals surface area contributed by atoms with Gasteiger partial charge in [0.25, 0.3) is 0 Å². The Morgan fingerprint density at radius 3 is 2.18 bits per heavy atom. The van der Waals surface area contributed by atoms with Crippen molar-refractivity contribution in [3.8, 4) is 0 Å². The lowest BCUT2D eigenvalue weighted by Gasteiger charge is -2.19. The molecule has 0 saturated heterocycles. The van der Waals surface area contributed by atoms with Gasteiger partial charge in [-0.1, -0.05) is 13.8 Å². The fourth-order valence-electron chi connectivity index (χ4n) is 2.40. The molecule has 0 aromatic heterocycles. The smallest absolute Gasteiger partial charge is 0.000621 e. The van der Waals surface area contributed by atoms with Crippen molar-refractivity contribution in [3.05, 3.63) is 0 Å². The van der Waals surface area contributed by atoms with Crippen LogP contribution in [-0.2, 0) is 0 Å². The molecule has 0 amide bonds. The Balaban J connectivity index is 2.34. The molecule has 3 atom stereocenters. The standard InChI is InChI=1S/C10H21N/c1-8-5-9(2)10(6-8)7-11(3)4/h8-10H,5-7H2,1-4H3. The average Bonchev–Trinajstić information content (AvgIpc) is 2.09. The monoisotopic (exact) mass is 155 g/mol. The molecule has 0 radical (unpaired) electrons. The first kappa shape index (κ1) is 9.05. The highest BCUT2D eigenvalue weighted by Crippen LogP contribution is 2.35. The molecule has 0 spiro atoms. The van der Waals surface area contributed by atoms with E-state index < -0.39 is 0 Å². The van der Waals surface area contributed by atoms with Crippen LogP contribution in [-0.4, -0.2) is 25.5 Å². The third kappa shape index (κ3) is 2.48. The lowest BCUT2D eigenvalue weighted by atomic mass is 9.98. The highest BCUT2D eigenvalue weighted by atomic mass is 15.1. The van der Waals surface area contributed by atoms with E-state index in [9.17, 15) is 0 Å². The molecule has 66 valence electrons. The molecule has 1 rings (SSSR count). The first-order chi connectivity index (χ1) is 5.09. The molecule has 1 heteroatoms. The second-order valence-corrected chi connectivity index (χ2v) is 4.58. The minimum absolute atomic E-state index is 0.951. The van der Waals surface area contributed by atoms with Gasteiger partial charge in [-0.3, -0.25) is 0 Å². The number of nitrogens with zero attached hydrogens (tertiary/aromatic N) is 1. The second-order valence-electron chi connectivity index (χ2n) is 4.58. The molecule has 0 N–H and O–H groups in total. The minimum atomic E-state index is 0.951. The maximum Gasteiger partial charge on any atom is 0.000621 e. The van der Waals surface area contributed by atoms with Gasteiger partial charge in [-0.25, -0.2) is 0 Å². The minimum Gasteiger partial charge on any atom is -0.309 e. The van der Waals surface area contributed by atoms with Crippen molar-refractivity contribution in [3.63, 3.8) is 0 Å². The summed E-state index contributed by atoms with van der Waals surface area (Å²) in [4.78, 5) is 2.32. The fraction of sp³-hybridized carbons (Fsp3) is 1.00. The summed E-state index contributed by atoms with van der Waals surface area (Å²) >= 11 is 0. The van der Waals surface area contributed by atoms with Gasteiger partial charge in [-0.05, 0) is 44.7 Å². The predicted octanol–water partition coefficient (Wildman–Crippen LogP) is 2.23. The third-order valence-corrected chi connectivity index (χ3v) is 2.88. The van der Waals surface area contributed by atoms with Gasteiger partial charge >= 0.3 is 0 Å². The number of hydrogen-bond acceptors (Lipinski definition) is 1. The van der Waals surface area contributed by atoms with Gasteiger partial charge in [0, 0.05) is 6.54 Å². The molecule has 0 aliphatic heterocycles. The van der Waals surface area contributed by atoms with E-state index in [1.165, 1.54) is 19.4 Å². The van der Waals surface area contributed by atoms with E-state index in [4.69, 9.17) is 0 Å². The molecule has 3 unspecified atom stereocenters. The lowest BCUT2D eigenvalue weighted by molar-refractivity contribution is 0.284. The van der Waals surface area contributed by atoms with Crippen molar-refractivity contribution >= 4 is 0 Å². The molecular weight excluding hydrogens is 134 g/mol. The van der Waals surface area contributed by atoms with Gasteiger partial charge in [0.15, 0.2) is 0 Å². The van der Waals surface area contributed by atoms with Gasteiger partial charge in [0.2, 0.25) is 0 Å². The highest BCUT2D eigenvalue weighted by Gasteiger charge is 2.28. The van der Waals surface area contributed by atoms with E-state index in [0.29, 0.717) is 0 Å². The summed E-state index contributed by atoms with van der Waals surface area (Å²) in [5, 5.41) is 0. The van der Waals surface area contributed by atoms with Crippen LogP contribution >= 0.6 is 0 Å². The van der Waals surface area contributed by atoms with Gasteiger partial charge in [-0.2, -0.15) is 0 Å². The Kier molecular flexibility index (Phi) is 2.94. The quantitative estimate of drug-likeness (QED) is 0.591. The number of rotatable bonds is 2. The topological polar surface area (TPSA) is 3.24 Å². The van der Waals surface area contributed by atoms with Gasteiger partial charge < -0.3 is 4.90 Å². The molecule has 1 saturated carbocycles. The highest BCUT2D eigenvalue weighted by molar-refractivity contribution is 4.79. The zero-order valence-corrected chi connectivity index (χ0v) is 8.30. The molecule has 0 aromatic carbocycles. The largest absolute Gasteiger partial charge is 0.309 e. The van der Waals surface area contributed by atoms with Crippen LogP contribution in [0.2, 0.25) is 0 Å². The average molecular weight is 155 g/mol. The first-order valence-corrected chi connectivity index (χ1v) is 4.74. The molecular formula is C10H21N. The molecule has 1 aliphatic rings. The molecule has 11 heavy (non-hydrogen) atoms. The van der Waals surface area contributed by atoms with Crippen molar-refractivity contribution in [2.45, 2.75) is 26.7 Å². The summed E-state index contributed by atoms with van der Waals surface area (Å²) in [6.45, 7) is 6.06. The first-order valence-electron chi connectivity index (χ1n) is 4.74. The summed E-state index contributed by atoms with van der Waals surface area (Å²) < 4.78 is 0. The zero-order valence-electron chi connectivity index (χ0n) is 8.30. The van der Waals surface area contributed by atoms with E-state index in [0.717, 1.165) is 17.8 Å². The molecule has 0 bridgehead atoms. The fourth-order valence-corrected chi connectivity index (χ4v) is 2.40. The van der Waals surface area contributed by atoms with Crippen molar-refractivity contribution < 1.29 is 0 Å². The zero-order chi connectivity index (χ0) is 8.43. The molecule has 1 nitrogen and oxygen atoms in total. The van der Waals surface area contributed by atoms with E-state index >= 15 is 0 Å². The summed E-state index contributed by atoms with van der Waals surface area (Å²) in [5.74, 6) is 2.88. The van der Waals surface area contributed by atoms with Crippen LogP contribution in [0.5, 0.6) is 0 Å². The third-order valence-electron chi connectivity index (χ3n) is 2.88. The van der Waals surface area contributed by atoms with Crippen LogP contribution < -0.4 is 0 Å². The second kappa shape index (κ2) is 3.57. The van der Waals surface area contributed by atoms with Gasteiger partial charge in [-0.15, -0.1) is 0 Å². The van der Waals surface area contributed by atoms with Gasteiger partial charge in [0.05, 0.1) is 0 Å². The van der Waals surface area contributed by atoms with Crippen LogP contribution in [0.3, 0.4) is 0 Å². The Morgan fingerprint density at radius 1 is 1.18 bits per heavy atom. The van der Waals surface area contributed by atoms with Crippen molar-refractivity contribution in [1.82, 2.24) is 4.90 Å². The predicted molar refractivity (Wildman–Crippen MR) is 49.6 cm³/mol. The molecule has 1 fully saturated rings. The molecule has 0 heterocycles. The van der Waals surface area contributed by atoms with E-state index in [2.05, 4.69) is 32.8 Å². The van der Waals surface area contributed by atoms with Crippen molar-refractivity contribution in [1.29, 1.82) is 0 Å². The Hall–Kier alpha value is -0.0400. The summed E-state index contributed by atoms with van der Waals surface area (Å²) in [5.41, 5.74) is 0. The summed E-state index contributed by atoms with van der Waals surface area (Å²) in [7, 11) is 4.35.